The van der Waals surface area contributed by atoms with Gasteiger partial charge in [-0.1, -0.05) is 0 Å². The lowest BCUT2D eigenvalue weighted by atomic mass is 9.89. The van der Waals surface area contributed by atoms with Crippen molar-refractivity contribution in [3.8, 4) is 0 Å². The molecule has 1 aliphatic carbocycles. The molecule has 2 aliphatic rings. The van der Waals surface area contributed by atoms with Crippen molar-refractivity contribution in [1.82, 2.24) is 4.90 Å². The third-order valence-corrected chi connectivity index (χ3v) is 4.93. The van der Waals surface area contributed by atoms with E-state index in [4.69, 9.17) is 5.11 Å². The molecule has 19 heavy (non-hydrogen) atoms. The van der Waals surface area contributed by atoms with Crippen LogP contribution in [-0.2, 0) is 10.0 Å². The van der Waals surface area contributed by atoms with Crippen molar-refractivity contribution in [2.75, 3.05) is 13.7 Å². The minimum atomic E-state index is -3.65. The maximum atomic E-state index is 12.2. The Hall–Kier alpha value is -1.21. The molecule has 0 bridgehead atoms. The Morgan fingerprint density at radius 3 is 2.74 bits per heavy atom. The van der Waals surface area contributed by atoms with Gasteiger partial charge in [0.1, 0.15) is 0 Å². The SMILES string of the molecule is CN1C=CC=NC1S(=O)(=O)N=C1CCC(CO)CC1. The van der Waals surface area contributed by atoms with Crippen molar-refractivity contribution in [3.63, 3.8) is 0 Å². The van der Waals surface area contributed by atoms with Crippen LogP contribution < -0.4 is 0 Å². The van der Waals surface area contributed by atoms with E-state index < -0.39 is 15.5 Å². The highest BCUT2D eigenvalue weighted by molar-refractivity contribution is 7.90. The molecule has 1 saturated carbocycles. The highest BCUT2D eigenvalue weighted by atomic mass is 32.2. The molecule has 0 radical (unpaired) electrons. The van der Waals surface area contributed by atoms with E-state index >= 15 is 0 Å². The van der Waals surface area contributed by atoms with E-state index in [1.807, 2.05) is 0 Å². The molecule has 1 unspecified atom stereocenters. The highest BCUT2D eigenvalue weighted by Crippen LogP contribution is 2.23. The number of nitrogens with zero attached hydrogens (tertiary/aromatic N) is 3. The molecule has 6 nitrogen and oxygen atoms in total. The van der Waals surface area contributed by atoms with Gasteiger partial charge in [0.05, 0.1) is 0 Å². The Kier molecular flexibility index (Phi) is 4.36. The van der Waals surface area contributed by atoms with Gasteiger partial charge in [-0.05, 0) is 37.7 Å². The van der Waals surface area contributed by atoms with E-state index in [1.165, 1.54) is 11.1 Å². The first-order chi connectivity index (χ1) is 9.03. The van der Waals surface area contributed by atoms with E-state index in [0.717, 1.165) is 12.8 Å². The van der Waals surface area contributed by atoms with E-state index in [1.54, 1.807) is 19.3 Å². The molecule has 1 heterocycles. The summed E-state index contributed by atoms with van der Waals surface area (Å²) in [4.78, 5) is 5.48. The van der Waals surface area contributed by atoms with Gasteiger partial charge in [0, 0.05) is 31.8 Å². The molecule has 0 aromatic carbocycles. The molecule has 0 aromatic rings. The first kappa shape index (κ1) is 14.2. The highest BCUT2D eigenvalue weighted by Gasteiger charge is 2.29. The van der Waals surface area contributed by atoms with Crippen LogP contribution in [0.5, 0.6) is 0 Å². The summed E-state index contributed by atoms with van der Waals surface area (Å²) in [5.74, 6) is 0.278. The van der Waals surface area contributed by atoms with Crippen LogP contribution in [0.2, 0.25) is 0 Å². The van der Waals surface area contributed by atoms with Crippen LogP contribution in [-0.4, -0.2) is 49.5 Å². The van der Waals surface area contributed by atoms with E-state index in [0.29, 0.717) is 18.6 Å². The van der Waals surface area contributed by atoms with Gasteiger partial charge in [-0.3, -0.25) is 4.99 Å². The lowest BCUT2D eigenvalue weighted by Crippen LogP contribution is -2.34. The average Bonchev–Trinajstić information content (AvgIpc) is 2.39. The topological polar surface area (TPSA) is 82.3 Å². The fourth-order valence-corrected chi connectivity index (χ4v) is 3.63. The summed E-state index contributed by atoms with van der Waals surface area (Å²) in [6.45, 7) is 0.167. The summed E-state index contributed by atoms with van der Waals surface area (Å²) in [7, 11) is -1.99. The Labute approximate surface area is 113 Å². The Balaban J connectivity index is 2.09. The first-order valence-corrected chi connectivity index (χ1v) is 7.87. The molecule has 0 saturated heterocycles. The molecule has 1 N–H and O–H groups in total. The van der Waals surface area contributed by atoms with Crippen LogP contribution in [0, 0.1) is 5.92 Å². The van der Waals surface area contributed by atoms with Crippen LogP contribution in [0.25, 0.3) is 0 Å². The summed E-state index contributed by atoms with van der Waals surface area (Å²) in [5, 5.41) is 9.06. The summed E-state index contributed by atoms with van der Waals surface area (Å²) >= 11 is 0. The predicted molar refractivity (Wildman–Crippen MR) is 74.6 cm³/mol. The maximum Gasteiger partial charge on any atom is 0.295 e. The molecular formula is C12H19N3O3S. The summed E-state index contributed by atoms with van der Waals surface area (Å²) in [6.07, 6.45) is 7.71. The smallest absolute Gasteiger partial charge is 0.295 e. The number of hydrogen-bond donors (Lipinski definition) is 1. The largest absolute Gasteiger partial charge is 0.396 e. The fourth-order valence-electron chi connectivity index (χ4n) is 2.28. The predicted octanol–water partition coefficient (Wildman–Crippen LogP) is 0.753. The third kappa shape index (κ3) is 3.42. The second-order valence-electron chi connectivity index (χ2n) is 4.93. The molecule has 2 rings (SSSR count). The van der Waals surface area contributed by atoms with E-state index in [-0.39, 0.29) is 12.5 Å². The third-order valence-electron chi connectivity index (χ3n) is 3.43. The molecule has 0 spiro atoms. The Morgan fingerprint density at radius 1 is 1.47 bits per heavy atom. The van der Waals surface area contributed by atoms with Gasteiger partial charge >= 0.3 is 0 Å². The minimum absolute atomic E-state index is 0.167. The summed E-state index contributed by atoms with van der Waals surface area (Å²) in [5.41, 5.74) is -0.261. The molecule has 106 valence electrons. The quantitative estimate of drug-likeness (QED) is 0.829. The van der Waals surface area contributed by atoms with Gasteiger partial charge < -0.3 is 10.0 Å². The number of sulfonamides is 1. The maximum absolute atomic E-state index is 12.2. The van der Waals surface area contributed by atoms with Crippen molar-refractivity contribution < 1.29 is 13.5 Å². The zero-order valence-corrected chi connectivity index (χ0v) is 11.8. The lowest BCUT2D eigenvalue weighted by Gasteiger charge is -2.25. The van der Waals surface area contributed by atoms with E-state index in [9.17, 15) is 8.42 Å². The number of aliphatic hydroxyl groups excluding tert-OH is 1. The van der Waals surface area contributed by atoms with Gasteiger partial charge in [0.15, 0.2) is 0 Å². The Morgan fingerprint density at radius 2 is 2.16 bits per heavy atom. The number of rotatable bonds is 3. The van der Waals surface area contributed by atoms with Gasteiger partial charge in [-0.2, -0.15) is 4.40 Å². The van der Waals surface area contributed by atoms with Crippen LogP contribution >= 0.6 is 0 Å². The number of aliphatic hydroxyl groups is 1. The molecule has 1 fully saturated rings. The Bertz CT molecular complexity index is 500. The number of aliphatic imine (C=N–C) groups is 1. The average molecular weight is 285 g/mol. The van der Waals surface area contributed by atoms with Crippen molar-refractivity contribution in [3.05, 3.63) is 12.3 Å². The standard InChI is InChI=1S/C12H19N3O3S/c1-15-8-2-7-13-12(15)19(17,18)14-11-5-3-10(9-16)4-6-11/h2,7-8,10,12,16H,3-6,9H2,1H3. The zero-order valence-electron chi connectivity index (χ0n) is 10.9. The van der Waals surface area contributed by atoms with Crippen molar-refractivity contribution in [2.45, 2.75) is 31.2 Å². The lowest BCUT2D eigenvalue weighted by molar-refractivity contribution is 0.209. The van der Waals surface area contributed by atoms with Crippen LogP contribution in [0.3, 0.4) is 0 Å². The van der Waals surface area contributed by atoms with Gasteiger partial charge in [0.25, 0.3) is 10.0 Å². The van der Waals surface area contributed by atoms with Crippen molar-refractivity contribution >= 4 is 21.9 Å². The molecule has 1 atom stereocenters. The fraction of sp³-hybridized carbons (Fsp3) is 0.667. The van der Waals surface area contributed by atoms with Gasteiger partial charge in [-0.25, -0.2) is 8.42 Å². The molecule has 0 amide bonds. The summed E-state index contributed by atoms with van der Waals surface area (Å²) in [6, 6.07) is 0. The van der Waals surface area contributed by atoms with E-state index in [2.05, 4.69) is 9.39 Å². The molecule has 7 heteroatoms. The zero-order chi connectivity index (χ0) is 13.9. The number of allylic oxidation sites excluding steroid dienone is 1. The second kappa shape index (κ2) is 5.83. The number of hydrogen-bond acceptors (Lipinski definition) is 5. The van der Waals surface area contributed by atoms with Crippen LogP contribution in [0.1, 0.15) is 25.7 Å². The second-order valence-corrected chi connectivity index (χ2v) is 6.56. The summed E-state index contributed by atoms with van der Waals surface area (Å²) < 4.78 is 28.3. The van der Waals surface area contributed by atoms with Crippen LogP contribution in [0.15, 0.2) is 21.7 Å². The van der Waals surface area contributed by atoms with Gasteiger partial charge in [-0.15, -0.1) is 0 Å². The molecular weight excluding hydrogens is 266 g/mol. The van der Waals surface area contributed by atoms with Crippen molar-refractivity contribution in [1.29, 1.82) is 0 Å². The molecule has 0 aromatic heterocycles. The van der Waals surface area contributed by atoms with Crippen molar-refractivity contribution in [2.24, 2.45) is 15.3 Å². The minimum Gasteiger partial charge on any atom is -0.396 e. The normalized spacial score (nSPS) is 27.7. The van der Waals surface area contributed by atoms with Crippen LogP contribution in [0.4, 0.5) is 0 Å². The molecule has 1 aliphatic heterocycles. The first-order valence-electron chi connectivity index (χ1n) is 6.37. The van der Waals surface area contributed by atoms with Gasteiger partial charge in [0.2, 0.25) is 5.50 Å². The monoisotopic (exact) mass is 285 g/mol.